The van der Waals surface area contributed by atoms with E-state index in [1.165, 1.54) is 39.2 Å². The first-order valence-electron chi connectivity index (χ1n) is 8.03. The first kappa shape index (κ1) is 20.1. The van der Waals surface area contributed by atoms with Crippen molar-refractivity contribution in [1.82, 2.24) is 5.32 Å². The molecule has 1 aliphatic rings. The molecule has 4 N–H and O–H groups in total. The average molecular weight is 369 g/mol. The van der Waals surface area contributed by atoms with E-state index < -0.39 is 43.2 Å². The predicted octanol–water partition coefficient (Wildman–Crippen LogP) is -0.780. The van der Waals surface area contributed by atoms with Gasteiger partial charge in [0.1, 0.15) is 24.4 Å². The van der Waals surface area contributed by atoms with Gasteiger partial charge in [-0.15, -0.1) is 0 Å². The molecule has 2 rings (SSSR count). The standard InChI is InChI=1S/C17H23NO8/c1-8(20)10-4-5-11(12(6-10)24-3)25-17-14(18-9(2)21)16(23)15(22)13(7-19)26-17/h4-6,13-17,19,22-23H,7H2,1-3H3,(H,18,21)/t13-,14-,15+,16-,17-/m0/s1. The second-order valence-electron chi connectivity index (χ2n) is 5.97. The molecule has 9 heteroatoms. The Morgan fingerprint density at radius 1 is 1.19 bits per heavy atom. The summed E-state index contributed by atoms with van der Waals surface area (Å²) < 4.78 is 16.4. The molecular weight excluding hydrogens is 346 g/mol. The average Bonchev–Trinajstić information content (AvgIpc) is 2.60. The Morgan fingerprint density at radius 2 is 1.88 bits per heavy atom. The van der Waals surface area contributed by atoms with Crippen LogP contribution in [0.15, 0.2) is 18.2 Å². The molecule has 0 aliphatic carbocycles. The van der Waals surface area contributed by atoms with Crippen LogP contribution in [0.5, 0.6) is 11.5 Å². The monoisotopic (exact) mass is 369 g/mol. The number of aliphatic hydroxyl groups excluding tert-OH is 3. The Hall–Kier alpha value is -2.20. The Labute approximate surface area is 150 Å². The van der Waals surface area contributed by atoms with Crippen molar-refractivity contribution in [3.63, 3.8) is 0 Å². The first-order chi connectivity index (χ1) is 12.3. The van der Waals surface area contributed by atoms with E-state index in [1.54, 1.807) is 0 Å². The number of hydrogen-bond acceptors (Lipinski definition) is 8. The number of nitrogens with one attached hydrogen (secondary N) is 1. The summed E-state index contributed by atoms with van der Waals surface area (Å²) in [7, 11) is 1.40. The van der Waals surface area contributed by atoms with Crippen molar-refractivity contribution < 1.29 is 39.1 Å². The van der Waals surface area contributed by atoms with Gasteiger partial charge in [-0.05, 0) is 25.1 Å². The molecule has 1 saturated heterocycles. The second kappa shape index (κ2) is 8.45. The summed E-state index contributed by atoms with van der Waals surface area (Å²) in [5, 5.41) is 32.1. The Balaban J connectivity index is 2.31. The van der Waals surface area contributed by atoms with Crippen molar-refractivity contribution in [3.05, 3.63) is 23.8 Å². The van der Waals surface area contributed by atoms with Gasteiger partial charge in [0.2, 0.25) is 12.2 Å². The molecule has 1 aromatic carbocycles. The number of benzene rings is 1. The molecule has 1 aromatic rings. The first-order valence-corrected chi connectivity index (χ1v) is 8.03. The lowest BCUT2D eigenvalue weighted by molar-refractivity contribution is -0.244. The third-order valence-electron chi connectivity index (χ3n) is 4.06. The third-order valence-corrected chi connectivity index (χ3v) is 4.06. The zero-order valence-electron chi connectivity index (χ0n) is 14.7. The maximum absolute atomic E-state index is 11.5. The summed E-state index contributed by atoms with van der Waals surface area (Å²) in [6, 6.07) is 3.44. The number of rotatable bonds is 6. The molecule has 1 aliphatic heterocycles. The van der Waals surface area contributed by atoms with Crippen molar-refractivity contribution in [2.45, 2.75) is 44.5 Å². The number of carbonyl (C=O) groups excluding carboxylic acids is 2. The Kier molecular flexibility index (Phi) is 6.54. The number of Topliss-reactive ketones (excluding diaryl/α,β-unsaturated/α-hetero) is 1. The van der Waals surface area contributed by atoms with Crippen molar-refractivity contribution in [1.29, 1.82) is 0 Å². The molecule has 1 amide bonds. The van der Waals surface area contributed by atoms with Crippen LogP contribution in [0.4, 0.5) is 0 Å². The normalized spacial score (nSPS) is 28.3. The molecule has 1 heterocycles. The maximum Gasteiger partial charge on any atom is 0.223 e. The third kappa shape index (κ3) is 4.31. The number of aliphatic hydroxyl groups is 3. The number of carbonyl (C=O) groups is 2. The van der Waals surface area contributed by atoms with Crippen LogP contribution in [0.2, 0.25) is 0 Å². The quantitative estimate of drug-likeness (QED) is 0.480. The van der Waals surface area contributed by atoms with Crippen LogP contribution in [-0.4, -0.2) is 71.4 Å². The highest BCUT2D eigenvalue weighted by atomic mass is 16.7. The molecule has 0 radical (unpaired) electrons. The topological polar surface area (TPSA) is 135 Å². The van der Waals surface area contributed by atoms with Crippen LogP contribution < -0.4 is 14.8 Å². The van der Waals surface area contributed by atoms with Crippen molar-refractivity contribution in [3.8, 4) is 11.5 Å². The predicted molar refractivity (Wildman–Crippen MR) is 89.0 cm³/mol. The molecule has 0 saturated carbocycles. The maximum atomic E-state index is 11.5. The lowest BCUT2D eigenvalue weighted by Gasteiger charge is -2.42. The summed E-state index contributed by atoms with van der Waals surface area (Å²) in [4.78, 5) is 22.9. The van der Waals surface area contributed by atoms with Crippen molar-refractivity contribution >= 4 is 11.7 Å². The van der Waals surface area contributed by atoms with Crippen molar-refractivity contribution in [2.24, 2.45) is 0 Å². The van der Waals surface area contributed by atoms with Gasteiger partial charge in [-0.25, -0.2) is 0 Å². The summed E-state index contributed by atoms with van der Waals surface area (Å²) in [5.74, 6) is -0.152. The molecule has 9 nitrogen and oxygen atoms in total. The summed E-state index contributed by atoms with van der Waals surface area (Å²) >= 11 is 0. The van der Waals surface area contributed by atoms with E-state index in [0.29, 0.717) is 5.56 Å². The van der Waals surface area contributed by atoms with E-state index in [-0.39, 0.29) is 17.3 Å². The molecule has 144 valence electrons. The molecule has 0 spiro atoms. The summed E-state index contributed by atoms with van der Waals surface area (Å²) in [5.41, 5.74) is 0.417. The minimum atomic E-state index is -1.42. The number of ketones is 1. The second-order valence-corrected chi connectivity index (χ2v) is 5.97. The van der Waals surface area contributed by atoms with E-state index in [9.17, 15) is 24.9 Å². The Bertz CT molecular complexity index is 664. The van der Waals surface area contributed by atoms with Gasteiger partial charge in [-0.1, -0.05) is 0 Å². The zero-order chi connectivity index (χ0) is 19.4. The highest BCUT2D eigenvalue weighted by Crippen LogP contribution is 2.32. The van der Waals surface area contributed by atoms with E-state index in [4.69, 9.17) is 14.2 Å². The zero-order valence-corrected chi connectivity index (χ0v) is 14.7. The van der Waals surface area contributed by atoms with Crippen LogP contribution in [0, 0.1) is 0 Å². The van der Waals surface area contributed by atoms with E-state index >= 15 is 0 Å². The molecule has 0 aromatic heterocycles. The smallest absolute Gasteiger partial charge is 0.223 e. The highest BCUT2D eigenvalue weighted by Gasteiger charge is 2.46. The lowest BCUT2D eigenvalue weighted by atomic mass is 9.97. The van der Waals surface area contributed by atoms with Crippen molar-refractivity contribution in [2.75, 3.05) is 13.7 Å². The highest BCUT2D eigenvalue weighted by molar-refractivity contribution is 5.94. The van der Waals surface area contributed by atoms with Gasteiger partial charge in [-0.2, -0.15) is 0 Å². The van der Waals surface area contributed by atoms with Gasteiger partial charge in [0.05, 0.1) is 13.7 Å². The largest absolute Gasteiger partial charge is 0.493 e. The lowest BCUT2D eigenvalue weighted by Crippen LogP contribution is -2.65. The van der Waals surface area contributed by atoms with Gasteiger partial charge in [0.25, 0.3) is 0 Å². The molecule has 0 bridgehead atoms. The number of hydrogen-bond donors (Lipinski definition) is 4. The molecule has 1 fully saturated rings. The minimum Gasteiger partial charge on any atom is -0.493 e. The summed E-state index contributed by atoms with van der Waals surface area (Å²) in [6.07, 6.45) is -5.12. The molecule has 5 atom stereocenters. The summed E-state index contributed by atoms with van der Waals surface area (Å²) in [6.45, 7) is 2.11. The van der Waals surface area contributed by atoms with E-state index in [1.807, 2.05) is 0 Å². The van der Waals surface area contributed by atoms with Gasteiger partial charge in [0, 0.05) is 12.5 Å². The molecule has 26 heavy (non-hydrogen) atoms. The van der Waals surface area contributed by atoms with Crippen LogP contribution in [0.3, 0.4) is 0 Å². The van der Waals surface area contributed by atoms with Crippen LogP contribution in [-0.2, 0) is 9.53 Å². The van der Waals surface area contributed by atoms with Crippen LogP contribution >= 0.6 is 0 Å². The van der Waals surface area contributed by atoms with Crippen LogP contribution in [0.1, 0.15) is 24.2 Å². The van der Waals surface area contributed by atoms with E-state index in [0.717, 1.165) is 0 Å². The fraction of sp³-hybridized carbons (Fsp3) is 0.529. The number of methoxy groups -OCH3 is 1. The number of ether oxygens (including phenoxy) is 3. The molecular formula is C17H23NO8. The minimum absolute atomic E-state index is 0.154. The fourth-order valence-electron chi connectivity index (χ4n) is 2.68. The van der Waals surface area contributed by atoms with E-state index in [2.05, 4.69) is 5.32 Å². The fourth-order valence-corrected chi connectivity index (χ4v) is 2.68. The van der Waals surface area contributed by atoms with Gasteiger partial charge < -0.3 is 34.8 Å². The van der Waals surface area contributed by atoms with Gasteiger partial charge in [-0.3, -0.25) is 9.59 Å². The molecule has 0 unspecified atom stereocenters. The SMILES string of the molecule is COc1cc(C(C)=O)ccc1O[C@H]1O[C@@H](CO)[C@@H](O)[C@@H](O)[C@@H]1NC(C)=O. The Morgan fingerprint density at radius 3 is 2.42 bits per heavy atom. The van der Waals surface area contributed by atoms with Crippen LogP contribution in [0.25, 0.3) is 0 Å². The number of amides is 1. The van der Waals surface area contributed by atoms with Gasteiger partial charge >= 0.3 is 0 Å². The van der Waals surface area contributed by atoms with Gasteiger partial charge in [0.15, 0.2) is 17.3 Å².